The van der Waals surface area contributed by atoms with Gasteiger partial charge < -0.3 is 18.9 Å². The van der Waals surface area contributed by atoms with E-state index in [1.54, 1.807) is 12.1 Å². The van der Waals surface area contributed by atoms with Crippen LogP contribution >= 0.6 is 31.9 Å². The minimum atomic E-state index is -1.23. The molecule has 0 atom stereocenters. The third kappa shape index (κ3) is 8.32. The molecule has 3 aromatic carbocycles. The quantitative estimate of drug-likeness (QED) is 0.0462. The molecule has 0 spiro atoms. The highest BCUT2D eigenvalue weighted by atomic mass is 79.9. The standard InChI is InChI=1S/C28H21Br2NO10/c1-38-25-8-6-17(12-21(25)29)23(32)14-40-27(34)20(11-16-4-3-5-19(10-16)31(36)37)28(35)41-15-24(33)18-7-9-26(39-2)22(30)13-18/h3-13H,14-15H2,1-2H3. The summed E-state index contributed by atoms with van der Waals surface area (Å²) in [6.07, 6.45) is 1.01. The monoisotopic (exact) mass is 689 g/mol. The van der Waals surface area contributed by atoms with Crippen LogP contribution < -0.4 is 9.47 Å². The number of ether oxygens (including phenoxy) is 4. The fraction of sp³-hybridized carbons (Fsp3) is 0.143. The summed E-state index contributed by atoms with van der Waals surface area (Å²) < 4.78 is 21.4. The zero-order valence-corrected chi connectivity index (χ0v) is 24.7. The van der Waals surface area contributed by atoms with Gasteiger partial charge in [0.1, 0.15) is 17.1 Å². The smallest absolute Gasteiger partial charge is 0.346 e. The van der Waals surface area contributed by atoms with Crippen LogP contribution in [0.25, 0.3) is 6.08 Å². The van der Waals surface area contributed by atoms with Crippen molar-refractivity contribution in [1.82, 2.24) is 0 Å². The summed E-state index contributed by atoms with van der Waals surface area (Å²) in [5.74, 6) is -2.65. The lowest BCUT2D eigenvalue weighted by Gasteiger charge is -2.10. The molecule has 11 nitrogen and oxygen atoms in total. The molecule has 0 bridgehead atoms. The predicted molar refractivity (Wildman–Crippen MR) is 153 cm³/mol. The van der Waals surface area contributed by atoms with E-state index in [1.165, 1.54) is 56.7 Å². The first-order valence-electron chi connectivity index (χ1n) is 11.6. The highest BCUT2D eigenvalue weighted by Crippen LogP contribution is 2.27. The normalized spacial score (nSPS) is 10.2. The fourth-order valence-electron chi connectivity index (χ4n) is 3.36. The number of nitro benzene ring substituents is 1. The summed E-state index contributed by atoms with van der Waals surface area (Å²) in [6.45, 7) is -1.45. The number of nitrogens with zero attached hydrogens (tertiary/aromatic N) is 1. The van der Waals surface area contributed by atoms with Crippen molar-refractivity contribution in [2.45, 2.75) is 0 Å². The zero-order chi connectivity index (χ0) is 30.1. The zero-order valence-electron chi connectivity index (χ0n) is 21.6. The molecule has 0 saturated carbocycles. The fourth-order valence-corrected chi connectivity index (χ4v) is 4.44. The lowest BCUT2D eigenvalue weighted by Crippen LogP contribution is -2.23. The number of Topliss-reactive ketones (excluding diaryl/α,β-unsaturated/α-hetero) is 2. The van der Waals surface area contributed by atoms with E-state index in [2.05, 4.69) is 31.9 Å². The van der Waals surface area contributed by atoms with Crippen LogP contribution in [0, 0.1) is 10.1 Å². The van der Waals surface area contributed by atoms with Crippen molar-refractivity contribution in [3.05, 3.63) is 102 Å². The highest BCUT2D eigenvalue weighted by molar-refractivity contribution is 9.10. The Bertz CT molecular complexity index is 1470. The molecule has 0 aliphatic heterocycles. The summed E-state index contributed by atoms with van der Waals surface area (Å²) in [6, 6.07) is 14.1. The second-order valence-corrected chi connectivity index (χ2v) is 9.82. The van der Waals surface area contributed by atoms with E-state index in [1.807, 2.05) is 0 Å². The number of methoxy groups -OCH3 is 2. The number of hydrogen-bond donors (Lipinski definition) is 0. The average Bonchev–Trinajstić information content (AvgIpc) is 2.97. The van der Waals surface area contributed by atoms with Crippen LogP contribution in [0.2, 0.25) is 0 Å². The van der Waals surface area contributed by atoms with Gasteiger partial charge in [-0.25, -0.2) is 9.59 Å². The molecule has 3 rings (SSSR count). The van der Waals surface area contributed by atoms with Gasteiger partial charge in [0.05, 0.1) is 28.1 Å². The summed E-state index contributed by atoms with van der Waals surface area (Å²) in [4.78, 5) is 61.6. The van der Waals surface area contributed by atoms with Crippen molar-refractivity contribution >= 4 is 67.1 Å². The molecular formula is C28H21Br2NO10. The maximum atomic E-state index is 12.9. The molecule has 0 N–H and O–H groups in total. The number of benzene rings is 3. The van der Waals surface area contributed by atoms with E-state index in [0.29, 0.717) is 20.4 Å². The Morgan fingerprint density at radius 1 is 0.780 bits per heavy atom. The Hall–Kier alpha value is -4.36. The number of non-ortho nitro benzene ring substituents is 1. The number of carbonyl (C=O) groups is 4. The van der Waals surface area contributed by atoms with Crippen LogP contribution in [0.4, 0.5) is 5.69 Å². The molecule has 0 amide bonds. The predicted octanol–water partition coefficient (Wildman–Crippen LogP) is 5.37. The Morgan fingerprint density at radius 3 is 1.68 bits per heavy atom. The van der Waals surface area contributed by atoms with Crippen LogP contribution in [0.3, 0.4) is 0 Å². The van der Waals surface area contributed by atoms with Gasteiger partial charge in [0.15, 0.2) is 24.8 Å². The maximum absolute atomic E-state index is 12.9. The summed E-state index contributed by atoms with van der Waals surface area (Å²) in [5.41, 5.74) is -0.459. The van der Waals surface area contributed by atoms with E-state index in [0.717, 1.165) is 12.1 Å². The van der Waals surface area contributed by atoms with E-state index in [-0.39, 0.29) is 22.4 Å². The van der Waals surface area contributed by atoms with Crippen molar-refractivity contribution < 1.29 is 43.0 Å². The summed E-state index contributed by atoms with van der Waals surface area (Å²) in [5, 5.41) is 11.2. The van der Waals surface area contributed by atoms with Gasteiger partial charge in [0.2, 0.25) is 0 Å². The highest BCUT2D eigenvalue weighted by Gasteiger charge is 2.25. The molecule has 0 saturated heterocycles. The minimum Gasteiger partial charge on any atom is -0.496 e. The molecule has 0 aliphatic carbocycles. The molecule has 0 unspecified atom stereocenters. The number of nitro groups is 1. The molecular weight excluding hydrogens is 670 g/mol. The Balaban J connectivity index is 1.80. The van der Waals surface area contributed by atoms with Crippen molar-refractivity contribution in [3.8, 4) is 11.5 Å². The number of halogens is 2. The maximum Gasteiger partial charge on any atom is 0.346 e. The van der Waals surface area contributed by atoms with Crippen molar-refractivity contribution in [2.75, 3.05) is 27.4 Å². The van der Waals surface area contributed by atoms with Crippen LogP contribution in [0.15, 0.2) is 75.2 Å². The molecule has 3 aromatic rings. The van der Waals surface area contributed by atoms with Gasteiger partial charge in [-0.2, -0.15) is 0 Å². The topological polar surface area (TPSA) is 148 Å². The van der Waals surface area contributed by atoms with Crippen molar-refractivity contribution in [3.63, 3.8) is 0 Å². The molecule has 0 aliphatic rings. The third-order valence-electron chi connectivity index (χ3n) is 5.45. The Labute approximate surface area is 250 Å². The van der Waals surface area contributed by atoms with Gasteiger partial charge in [-0.15, -0.1) is 0 Å². The number of rotatable bonds is 12. The van der Waals surface area contributed by atoms with E-state index >= 15 is 0 Å². The van der Waals surface area contributed by atoms with Gasteiger partial charge in [-0.1, -0.05) is 12.1 Å². The second-order valence-electron chi connectivity index (χ2n) is 8.11. The SMILES string of the molecule is COc1ccc(C(=O)COC(=O)C(=Cc2cccc([N+](=O)[O-])c2)C(=O)OCC(=O)c2ccc(OC)c(Br)c2)cc1Br. The lowest BCUT2D eigenvalue weighted by molar-refractivity contribution is -0.384. The third-order valence-corrected chi connectivity index (χ3v) is 6.69. The second kappa shape index (κ2) is 14.3. The van der Waals surface area contributed by atoms with Crippen LogP contribution in [0.5, 0.6) is 11.5 Å². The molecule has 0 fully saturated rings. The Morgan fingerprint density at radius 2 is 1.27 bits per heavy atom. The molecule has 0 heterocycles. The number of carbonyl (C=O) groups excluding carboxylic acids is 4. The first-order valence-corrected chi connectivity index (χ1v) is 13.2. The Kier molecular flexibility index (Phi) is 10.9. The first kappa shape index (κ1) is 31.2. The molecule has 0 aromatic heterocycles. The minimum absolute atomic E-state index is 0.110. The number of hydrogen-bond acceptors (Lipinski definition) is 10. The number of ketones is 2. The van der Waals surface area contributed by atoms with Gasteiger partial charge >= 0.3 is 11.9 Å². The molecule has 0 radical (unpaired) electrons. The van der Waals surface area contributed by atoms with Gasteiger partial charge in [0, 0.05) is 23.3 Å². The largest absolute Gasteiger partial charge is 0.496 e. The molecule has 212 valence electrons. The summed E-state index contributed by atoms with van der Waals surface area (Å²) >= 11 is 6.54. The van der Waals surface area contributed by atoms with Crippen LogP contribution in [-0.2, 0) is 19.1 Å². The molecule has 13 heteroatoms. The van der Waals surface area contributed by atoms with E-state index in [9.17, 15) is 29.3 Å². The number of esters is 2. The van der Waals surface area contributed by atoms with Crippen molar-refractivity contribution in [2.24, 2.45) is 0 Å². The average molecular weight is 691 g/mol. The van der Waals surface area contributed by atoms with E-state index < -0.39 is 47.2 Å². The van der Waals surface area contributed by atoms with Crippen LogP contribution in [0.1, 0.15) is 26.3 Å². The van der Waals surface area contributed by atoms with E-state index in [4.69, 9.17) is 18.9 Å². The van der Waals surface area contributed by atoms with Gasteiger partial charge in [-0.3, -0.25) is 19.7 Å². The molecule has 41 heavy (non-hydrogen) atoms. The van der Waals surface area contributed by atoms with Gasteiger partial charge in [-0.05, 0) is 79.9 Å². The van der Waals surface area contributed by atoms with Crippen molar-refractivity contribution in [1.29, 1.82) is 0 Å². The first-order chi connectivity index (χ1) is 19.5. The lowest BCUT2D eigenvalue weighted by atomic mass is 10.1. The van der Waals surface area contributed by atoms with Gasteiger partial charge in [0.25, 0.3) is 5.69 Å². The summed E-state index contributed by atoms with van der Waals surface area (Å²) in [7, 11) is 2.92. The van der Waals surface area contributed by atoms with Crippen LogP contribution in [-0.4, -0.2) is 55.9 Å².